The van der Waals surface area contributed by atoms with Gasteiger partial charge in [0.1, 0.15) is 10.7 Å². The van der Waals surface area contributed by atoms with Gasteiger partial charge in [0.05, 0.1) is 5.92 Å². The minimum atomic E-state index is -0.351. The topological polar surface area (TPSA) is 106 Å². The van der Waals surface area contributed by atoms with Gasteiger partial charge in [0.25, 0.3) is 5.91 Å². The highest BCUT2D eigenvalue weighted by Crippen LogP contribution is 2.29. The maximum absolute atomic E-state index is 12.6. The number of hydrogen-bond donors (Lipinski definition) is 2. The fraction of sp³-hybridized carbons (Fsp3) is 0.615. The molecule has 0 bridgehead atoms. The summed E-state index contributed by atoms with van der Waals surface area (Å²) in [6, 6.07) is 0. The Hall–Kier alpha value is -1.83. The third-order valence-corrected chi connectivity index (χ3v) is 4.92. The molecule has 2 amide bonds. The van der Waals surface area contributed by atoms with Gasteiger partial charge in [0, 0.05) is 26.7 Å². The normalized spacial score (nSPS) is 18.6. The summed E-state index contributed by atoms with van der Waals surface area (Å²) >= 11 is 1.29. The second-order valence-electron chi connectivity index (χ2n) is 5.22. The lowest BCUT2D eigenvalue weighted by Gasteiger charge is -2.30. The molecule has 0 aliphatic carbocycles. The summed E-state index contributed by atoms with van der Waals surface area (Å²) in [5.41, 5.74) is 11.2. The van der Waals surface area contributed by atoms with E-state index in [0.717, 1.165) is 24.5 Å². The van der Waals surface area contributed by atoms with Gasteiger partial charge in [-0.2, -0.15) is 0 Å². The zero-order chi connectivity index (χ0) is 15.6. The van der Waals surface area contributed by atoms with Crippen LogP contribution in [-0.2, 0) is 4.79 Å². The van der Waals surface area contributed by atoms with E-state index in [9.17, 15) is 9.59 Å². The van der Waals surface area contributed by atoms with Gasteiger partial charge in [-0.05, 0) is 19.8 Å². The van der Waals surface area contributed by atoms with Crippen LogP contribution in [0.25, 0.3) is 0 Å². The number of thiazole rings is 1. The SMILES string of the molecule is CCN(C)c1nc(N)c(C(=O)N2CCCC(C(N)=O)C2)s1. The Balaban J connectivity index is 2.16. The third-order valence-electron chi connectivity index (χ3n) is 3.75. The van der Waals surface area contributed by atoms with Crippen molar-refractivity contribution in [1.29, 1.82) is 0 Å². The smallest absolute Gasteiger partial charge is 0.267 e. The fourth-order valence-electron chi connectivity index (χ4n) is 2.31. The number of nitrogen functional groups attached to an aromatic ring is 1. The highest BCUT2D eigenvalue weighted by molar-refractivity contribution is 7.18. The van der Waals surface area contributed by atoms with Crippen molar-refractivity contribution in [3.05, 3.63) is 4.88 Å². The van der Waals surface area contributed by atoms with E-state index in [0.29, 0.717) is 18.0 Å². The van der Waals surface area contributed by atoms with Gasteiger partial charge in [-0.3, -0.25) is 9.59 Å². The number of hydrogen-bond acceptors (Lipinski definition) is 6. The number of likely N-dealkylation sites (tertiary alicyclic amines) is 1. The minimum absolute atomic E-state index is 0.160. The molecule has 116 valence electrons. The molecule has 0 spiro atoms. The summed E-state index contributed by atoms with van der Waals surface area (Å²) in [7, 11) is 1.90. The molecule has 1 aromatic heterocycles. The van der Waals surface area contributed by atoms with E-state index >= 15 is 0 Å². The van der Waals surface area contributed by atoms with Crippen molar-refractivity contribution in [2.45, 2.75) is 19.8 Å². The molecule has 4 N–H and O–H groups in total. The zero-order valence-corrected chi connectivity index (χ0v) is 13.2. The number of primary amides is 1. The first-order chi connectivity index (χ1) is 9.93. The number of carbonyl (C=O) groups excluding carboxylic acids is 2. The molecule has 1 saturated heterocycles. The molecule has 1 unspecified atom stereocenters. The molecule has 1 aromatic rings. The van der Waals surface area contributed by atoms with Gasteiger partial charge in [0.2, 0.25) is 5.91 Å². The molecule has 1 aliphatic heterocycles. The van der Waals surface area contributed by atoms with Crippen molar-refractivity contribution in [3.8, 4) is 0 Å². The van der Waals surface area contributed by atoms with Crippen molar-refractivity contribution < 1.29 is 9.59 Å². The molecule has 7 nitrogen and oxygen atoms in total. The lowest BCUT2D eigenvalue weighted by atomic mass is 9.97. The van der Waals surface area contributed by atoms with E-state index in [2.05, 4.69) is 4.98 Å². The average molecular weight is 311 g/mol. The Bertz CT molecular complexity index is 545. The van der Waals surface area contributed by atoms with Crippen LogP contribution in [0.15, 0.2) is 0 Å². The Morgan fingerprint density at radius 3 is 2.86 bits per heavy atom. The van der Waals surface area contributed by atoms with Crippen LogP contribution >= 0.6 is 11.3 Å². The number of aromatic nitrogens is 1. The second kappa shape index (κ2) is 6.30. The Kier molecular flexibility index (Phi) is 4.66. The number of rotatable bonds is 4. The van der Waals surface area contributed by atoms with Crippen LogP contribution < -0.4 is 16.4 Å². The first-order valence-electron chi connectivity index (χ1n) is 7.00. The molecule has 2 heterocycles. The van der Waals surface area contributed by atoms with Crippen LogP contribution in [0.2, 0.25) is 0 Å². The highest BCUT2D eigenvalue weighted by Gasteiger charge is 2.30. The number of piperidine rings is 1. The monoisotopic (exact) mass is 311 g/mol. The van der Waals surface area contributed by atoms with Crippen LogP contribution in [0.1, 0.15) is 29.4 Å². The summed E-state index contributed by atoms with van der Waals surface area (Å²) in [4.78, 5) is 32.1. The lowest BCUT2D eigenvalue weighted by molar-refractivity contribution is -0.123. The van der Waals surface area contributed by atoms with Crippen molar-refractivity contribution in [2.75, 3.05) is 37.3 Å². The van der Waals surface area contributed by atoms with Gasteiger partial charge in [0.15, 0.2) is 5.13 Å². The van der Waals surface area contributed by atoms with Gasteiger partial charge in [-0.25, -0.2) is 4.98 Å². The van der Waals surface area contributed by atoms with Gasteiger partial charge < -0.3 is 21.3 Å². The van der Waals surface area contributed by atoms with E-state index in [1.54, 1.807) is 4.90 Å². The maximum Gasteiger partial charge on any atom is 0.267 e. The van der Waals surface area contributed by atoms with Crippen molar-refractivity contribution in [3.63, 3.8) is 0 Å². The standard InChI is InChI=1S/C13H21N5O2S/c1-3-17(2)13-16-10(14)9(21-13)12(20)18-6-4-5-8(7-18)11(15)19/h8H,3-7,14H2,1-2H3,(H2,15,19). The molecule has 8 heteroatoms. The molecule has 0 aromatic carbocycles. The van der Waals surface area contributed by atoms with E-state index in [-0.39, 0.29) is 23.6 Å². The summed E-state index contributed by atoms with van der Waals surface area (Å²) in [5, 5.41) is 0.724. The fourth-order valence-corrected chi connectivity index (χ4v) is 3.29. The van der Waals surface area contributed by atoms with Crippen LogP contribution in [0.5, 0.6) is 0 Å². The second-order valence-corrected chi connectivity index (χ2v) is 6.20. The van der Waals surface area contributed by atoms with E-state index in [1.165, 1.54) is 11.3 Å². The molecule has 1 fully saturated rings. The Morgan fingerprint density at radius 1 is 1.52 bits per heavy atom. The molecular formula is C13H21N5O2S. The first kappa shape index (κ1) is 15.6. The summed E-state index contributed by atoms with van der Waals surface area (Å²) in [6.07, 6.45) is 1.51. The van der Waals surface area contributed by atoms with Gasteiger partial charge >= 0.3 is 0 Å². The minimum Gasteiger partial charge on any atom is -0.382 e. The molecule has 2 rings (SSSR count). The largest absolute Gasteiger partial charge is 0.382 e. The molecule has 0 radical (unpaired) electrons. The van der Waals surface area contributed by atoms with E-state index < -0.39 is 0 Å². The Morgan fingerprint density at radius 2 is 2.24 bits per heavy atom. The van der Waals surface area contributed by atoms with Crippen LogP contribution in [-0.4, -0.2) is 48.4 Å². The van der Waals surface area contributed by atoms with Crippen LogP contribution in [0, 0.1) is 5.92 Å². The predicted molar refractivity (Wildman–Crippen MR) is 83.3 cm³/mol. The number of anilines is 2. The van der Waals surface area contributed by atoms with Crippen molar-refractivity contribution in [2.24, 2.45) is 11.7 Å². The number of nitrogens with two attached hydrogens (primary N) is 2. The summed E-state index contributed by atoms with van der Waals surface area (Å²) < 4.78 is 0. The zero-order valence-electron chi connectivity index (χ0n) is 12.3. The number of carbonyl (C=O) groups is 2. The van der Waals surface area contributed by atoms with Crippen molar-refractivity contribution in [1.82, 2.24) is 9.88 Å². The number of amides is 2. The molecule has 1 aliphatic rings. The molecular weight excluding hydrogens is 290 g/mol. The average Bonchev–Trinajstić information content (AvgIpc) is 2.87. The van der Waals surface area contributed by atoms with Crippen LogP contribution in [0.3, 0.4) is 0 Å². The molecule has 21 heavy (non-hydrogen) atoms. The number of nitrogens with zero attached hydrogens (tertiary/aromatic N) is 3. The Labute approximate surface area is 127 Å². The summed E-state index contributed by atoms with van der Waals surface area (Å²) in [5.74, 6) is -0.529. The van der Waals surface area contributed by atoms with Crippen LogP contribution in [0.4, 0.5) is 10.9 Å². The third kappa shape index (κ3) is 3.26. The highest BCUT2D eigenvalue weighted by atomic mass is 32.1. The van der Waals surface area contributed by atoms with E-state index in [4.69, 9.17) is 11.5 Å². The summed E-state index contributed by atoms with van der Waals surface area (Å²) in [6.45, 7) is 3.78. The maximum atomic E-state index is 12.6. The first-order valence-corrected chi connectivity index (χ1v) is 7.81. The molecule has 1 atom stereocenters. The van der Waals surface area contributed by atoms with E-state index in [1.807, 2.05) is 18.9 Å². The quantitative estimate of drug-likeness (QED) is 0.843. The predicted octanol–water partition coefficient (Wildman–Crippen LogP) is 0.519. The molecule has 0 saturated carbocycles. The lowest BCUT2D eigenvalue weighted by Crippen LogP contribution is -2.44. The van der Waals surface area contributed by atoms with Crippen molar-refractivity contribution >= 4 is 34.1 Å². The van der Waals surface area contributed by atoms with Gasteiger partial charge in [-0.15, -0.1) is 0 Å². The van der Waals surface area contributed by atoms with Gasteiger partial charge in [-0.1, -0.05) is 11.3 Å².